The Hall–Kier alpha value is -2.80. The van der Waals surface area contributed by atoms with E-state index in [1.807, 2.05) is 24.3 Å². The van der Waals surface area contributed by atoms with Crippen LogP contribution in [0.5, 0.6) is 5.75 Å². The van der Waals surface area contributed by atoms with Gasteiger partial charge in [0.25, 0.3) is 0 Å². The molecule has 0 radical (unpaired) electrons. The summed E-state index contributed by atoms with van der Waals surface area (Å²) in [6, 6.07) is 12.1. The number of aliphatic carboxylic acids is 1. The lowest BCUT2D eigenvalue weighted by Gasteiger charge is -2.03. The maximum atomic E-state index is 10.7. The Morgan fingerprint density at radius 2 is 1.83 bits per heavy atom. The fourth-order valence-corrected chi connectivity index (χ4v) is 1.66. The van der Waals surface area contributed by atoms with Crippen molar-refractivity contribution in [1.82, 2.24) is 0 Å². The molecule has 2 aromatic carbocycles. The van der Waals surface area contributed by atoms with Crippen LogP contribution in [-0.2, 0) is 4.79 Å². The summed E-state index contributed by atoms with van der Waals surface area (Å²) in [5.74, 6) is -1.37. The van der Waals surface area contributed by atoms with Gasteiger partial charge in [0, 0.05) is 5.56 Å². The monoisotopic (exact) mass is 239 g/mol. The molecule has 2 N–H and O–H groups in total. The zero-order chi connectivity index (χ0) is 13.1. The summed E-state index contributed by atoms with van der Waals surface area (Å²) in [5, 5.41) is 28.9. The largest absolute Gasteiger partial charge is 0.507 e. The molecule has 0 bridgehead atoms. The minimum atomic E-state index is -1.31. The van der Waals surface area contributed by atoms with Crippen molar-refractivity contribution in [2.75, 3.05) is 0 Å². The second kappa shape index (κ2) is 4.60. The van der Waals surface area contributed by atoms with Crippen LogP contribution in [0.1, 0.15) is 5.56 Å². The molecular weight excluding hydrogens is 230 g/mol. The molecule has 0 aromatic heterocycles. The van der Waals surface area contributed by atoms with Gasteiger partial charge >= 0.3 is 5.97 Å². The Bertz CT molecular complexity index is 696. The molecule has 0 spiro atoms. The highest BCUT2D eigenvalue weighted by Crippen LogP contribution is 2.26. The minimum Gasteiger partial charge on any atom is -0.507 e. The second-order valence-electron chi connectivity index (χ2n) is 3.73. The van der Waals surface area contributed by atoms with Crippen molar-refractivity contribution in [1.29, 1.82) is 5.26 Å². The van der Waals surface area contributed by atoms with E-state index in [-0.39, 0.29) is 5.75 Å². The number of carboxylic acids is 1. The first-order valence-electron chi connectivity index (χ1n) is 5.18. The first-order chi connectivity index (χ1) is 8.61. The first-order valence-corrected chi connectivity index (χ1v) is 5.18. The zero-order valence-corrected chi connectivity index (χ0v) is 9.29. The van der Waals surface area contributed by atoms with Crippen LogP contribution in [0.4, 0.5) is 0 Å². The van der Waals surface area contributed by atoms with Gasteiger partial charge in [-0.2, -0.15) is 5.26 Å². The van der Waals surface area contributed by atoms with E-state index < -0.39 is 11.5 Å². The smallest absolute Gasteiger partial charge is 0.346 e. The number of phenols is 1. The molecule has 0 unspecified atom stereocenters. The topological polar surface area (TPSA) is 81.3 Å². The van der Waals surface area contributed by atoms with Crippen molar-refractivity contribution >= 4 is 22.8 Å². The Morgan fingerprint density at radius 1 is 1.22 bits per heavy atom. The third-order valence-corrected chi connectivity index (χ3v) is 2.55. The van der Waals surface area contributed by atoms with Crippen LogP contribution in [0, 0.1) is 11.3 Å². The fourth-order valence-electron chi connectivity index (χ4n) is 1.66. The first kappa shape index (κ1) is 11.7. The van der Waals surface area contributed by atoms with Gasteiger partial charge in [-0.05, 0) is 29.0 Å². The van der Waals surface area contributed by atoms with Crippen LogP contribution < -0.4 is 0 Å². The summed E-state index contributed by atoms with van der Waals surface area (Å²) in [5.41, 5.74) is -0.103. The number of nitrogens with zero attached hydrogens (tertiary/aromatic N) is 1. The molecule has 0 saturated carbocycles. The maximum absolute atomic E-state index is 10.7. The lowest BCUT2D eigenvalue weighted by Crippen LogP contribution is -1.97. The number of fused-ring (bicyclic) bond motifs is 1. The number of carbonyl (C=O) groups is 1. The number of hydrogen-bond donors (Lipinski definition) is 2. The van der Waals surface area contributed by atoms with Crippen LogP contribution in [0.25, 0.3) is 16.8 Å². The van der Waals surface area contributed by atoms with Gasteiger partial charge in [-0.15, -0.1) is 0 Å². The van der Waals surface area contributed by atoms with Gasteiger partial charge in [0.1, 0.15) is 17.4 Å². The number of benzene rings is 2. The van der Waals surface area contributed by atoms with E-state index in [9.17, 15) is 9.90 Å². The van der Waals surface area contributed by atoms with Crippen molar-refractivity contribution in [3.8, 4) is 11.8 Å². The van der Waals surface area contributed by atoms with Crippen molar-refractivity contribution in [2.24, 2.45) is 0 Å². The van der Waals surface area contributed by atoms with Crippen LogP contribution in [-0.4, -0.2) is 16.2 Å². The van der Waals surface area contributed by atoms with Crippen molar-refractivity contribution in [2.45, 2.75) is 0 Å². The van der Waals surface area contributed by atoms with Gasteiger partial charge in [0.05, 0.1) is 0 Å². The molecule has 0 atom stereocenters. The van der Waals surface area contributed by atoms with E-state index >= 15 is 0 Å². The molecular formula is C14H9NO3. The Kier molecular flexibility index (Phi) is 2.98. The molecule has 4 heteroatoms. The highest BCUT2D eigenvalue weighted by molar-refractivity contribution is 5.98. The Labute approximate surface area is 103 Å². The second-order valence-corrected chi connectivity index (χ2v) is 3.73. The number of phenolic OH excluding ortho intramolecular Hbond substituents is 1. The molecule has 0 saturated heterocycles. The zero-order valence-electron chi connectivity index (χ0n) is 9.29. The highest BCUT2D eigenvalue weighted by atomic mass is 16.4. The summed E-state index contributed by atoms with van der Waals surface area (Å²) >= 11 is 0. The molecule has 88 valence electrons. The standard InChI is InChI=1S/C14H9NO3/c15-8-12(14(17)18)6-11-5-9-3-1-2-4-10(9)7-13(11)16/h1-7,16H,(H,17,18)/b12-6+. The van der Waals surface area contributed by atoms with Gasteiger partial charge in [-0.3, -0.25) is 0 Å². The predicted molar refractivity (Wildman–Crippen MR) is 66.8 cm³/mol. The third kappa shape index (κ3) is 2.15. The molecule has 0 heterocycles. The quantitative estimate of drug-likeness (QED) is 0.623. The molecule has 18 heavy (non-hydrogen) atoms. The molecule has 0 fully saturated rings. The number of rotatable bonds is 2. The number of nitriles is 1. The molecule has 0 aliphatic rings. The summed E-state index contributed by atoms with van der Waals surface area (Å²) < 4.78 is 0. The third-order valence-electron chi connectivity index (χ3n) is 2.55. The van der Waals surface area contributed by atoms with Gasteiger partial charge < -0.3 is 10.2 Å². The van der Waals surface area contributed by atoms with Crippen molar-refractivity contribution in [3.05, 3.63) is 47.5 Å². The normalized spacial score (nSPS) is 11.2. The van der Waals surface area contributed by atoms with E-state index in [2.05, 4.69) is 0 Å². The van der Waals surface area contributed by atoms with Gasteiger partial charge in [-0.1, -0.05) is 24.3 Å². The summed E-state index contributed by atoms with van der Waals surface area (Å²) in [6.07, 6.45) is 1.16. The lowest BCUT2D eigenvalue weighted by molar-refractivity contribution is -0.132. The van der Waals surface area contributed by atoms with Gasteiger partial charge in [0.2, 0.25) is 0 Å². The molecule has 2 aromatic rings. The van der Waals surface area contributed by atoms with E-state index in [0.29, 0.717) is 5.56 Å². The van der Waals surface area contributed by atoms with Crippen molar-refractivity contribution in [3.63, 3.8) is 0 Å². The summed E-state index contributed by atoms with van der Waals surface area (Å²) in [6.45, 7) is 0. The SMILES string of the molecule is N#C/C(=C\c1cc2ccccc2cc1O)C(=O)O. The average molecular weight is 239 g/mol. The summed E-state index contributed by atoms with van der Waals surface area (Å²) in [7, 11) is 0. The van der Waals surface area contributed by atoms with E-state index in [4.69, 9.17) is 10.4 Å². The molecule has 0 aliphatic carbocycles. The fraction of sp³-hybridized carbons (Fsp3) is 0. The number of aromatic hydroxyl groups is 1. The summed E-state index contributed by atoms with van der Waals surface area (Å²) in [4.78, 5) is 10.7. The van der Waals surface area contributed by atoms with Crippen molar-refractivity contribution < 1.29 is 15.0 Å². The van der Waals surface area contributed by atoms with Gasteiger partial charge in [-0.25, -0.2) is 4.79 Å². The lowest BCUT2D eigenvalue weighted by atomic mass is 10.0. The van der Waals surface area contributed by atoms with Crippen LogP contribution in [0.3, 0.4) is 0 Å². The Balaban J connectivity index is 2.62. The maximum Gasteiger partial charge on any atom is 0.346 e. The van der Waals surface area contributed by atoms with E-state index in [1.54, 1.807) is 12.1 Å². The predicted octanol–water partition coefficient (Wildman–Crippen LogP) is 2.54. The van der Waals surface area contributed by atoms with Gasteiger partial charge in [0.15, 0.2) is 0 Å². The van der Waals surface area contributed by atoms with E-state index in [1.165, 1.54) is 6.07 Å². The number of hydrogen-bond acceptors (Lipinski definition) is 3. The van der Waals surface area contributed by atoms with E-state index in [0.717, 1.165) is 16.8 Å². The minimum absolute atomic E-state index is 0.0531. The molecule has 4 nitrogen and oxygen atoms in total. The Morgan fingerprint density at radius 3 is 2.39 bits per heavy atom. The molecule has 2 rings (SSSR count). The highest BCUT2D eigenvalue weighted by Gasteiger charge is 2.08. The molecule has 0 aliphatic heterocycles. The average Bonchev–Trinajstić information content (AvgIpc) is 2.35. The molecule has 0 amide bonds. The number of carboxylic acid groups (broad SMARTS) is 1. The van der Waals surface area contributed by atoms with Crippen LogP contribution in [0.2, 0.25) is 0 Å². The van der Waals surface area contributed by atoms with Crippen LogP contribution in [0.15, 0.2) is 42.0 Å². The van der Waals surface area contributed by atoms with Crippen LogP contribution >= 0.6 is 0 Å².